The Morgan fingerprint density at radius 2 is 2.18 bits per heavy atom. The fourth-order valence-electron chi connectivity index (χ4n) is 2.05. The predicted octanol–water partition coefficient (Wildman–Crippen LogP) is 3.63. The minimum absolute atomic E-state index is 0.0869. The molecule has 0 saturated carbocycles. The average molecular weight is 295 g/mol. The molecular formula is C14H19BrN2. The minimum Gasteiger partial charge on any atom is -0.367 e. The van der Waals surface area contributed by atoms with Crippen molar-refractivity contribution in [3.05, 3.63) is 39.9 Å². The second kappa shape index (κ2) is 5.23. The van der Waals surface area contributed by atoms with Gasteiger partial charge in [-0.15, -0.1) is 0 Å². The van der Waals surface area contributed by atoms with E-state index >= 15 is 0 Å². The Bertz CT molecular complexity index is 438. The fraction of sp³-hybridized carbons (Fsp3) is 0.429. The van der Waals surface area contributed by atoms with E-state index in [-0.39, 0.29) is 6.04 Å². The molecule has 3 heteroatoms. The first-order valence-corrected chi connectivity index (χ1v) is 6.83. The standard InChI is InChI=1S/C14H19BrN2/c1-10-5-7-17(8-6-10)14-4-3-12(11(2)16)9-13(14)15/h3-5,9,11H,6-8,16H2,1-2H3. The molecule has 0 radical (unpaired) electrons. The van der Waals surface area contributed by atoms with Gasteiger partial charge in [0.1, 0.15) is 0 Å². The van der Waals surface area contributed by atoms with Crippen LogP contribution >= 0.6 is 15.9 Å². The molecule has 1 aliphatic rings. The van der Waals surface area contributed by atoms with Crippen molar-refractivity contribution in [1.82, 2.24) is 0 Å². The zero-order chi connectivity index (χ0) is 12.4. The Morgan fingerprint density at radius 1 is 1.41 bits per heavy atom. The lowest BCUT2D eigenvalue weighted by atomic mass is 10.1. The van der Waals surface area contributed by atoms with Crippen LogP contribution in [-0.2, 0) is 0 Å². The van der Waals surface area contributed by atoms with E-state index in [1.165, 1.54) is 16.8 Å². The summed E-state index contributed by atoms with van der Waals surface area (Å²) < 4.78 is 1.14. The topological polar surface area (TPSA) is 29.3 Å². The van der Waals surface area contributed by atoms with Crippen LogP contribution in [-0.4, -0.2) is 13.1 Å². The molecule has 0 spiro atoms. The Balaban J connectivity index is 2.22. The lowest BCUT2D eigenvalue weighted by molar-refractivity contribution is 0.782. The number of nitrogens with two attached hydrogens (primary N) is 1. The Morgan fingerprint density at radius 3 is 2.71 bits per heavy atom. The van der Waals surface area contributed by atoms with E-state index in [9.17, 15) is 0 Å². The highest BCUT2D eigenvalue weighted by Gasteiger charge is 2.13. The lowest BCUT2D eigenvalue weighted by Gasteiger charge is -2.28. The quantitative estimate of drug-likeness (QED) is 0.844. The van der Waals surface area contributed by atoms with Gasteiger partial charge >= 0.3 is 0 Å². The van der Waals surface area contributed by atoms with Crippen molar-refractivity contribution in [3.8, 4) is 0 Å². The summed E-state index contributed by atoms with van der Waals surface area (Å²) in [5.41, 5.74) is 9.81. The summed E-state index contributed by atoms with van der Waals surface area (Å²) in [5.74, 6) is 0. The first kappa shape index (κ1) is 12.7. The van der Waals surface area contributed by atoms with Crippen molar-refractivity contribution < 1.29 is 0 Å². The van der Waals surface area contributed by atoms with Gasteiger partial charge in [-0.05, 0) is 53.9 Å². The highest BCUT2D eigenvalue weighted by molar-refractivity contribution is 9.10. The predicted molar refractivity (Wildman–Crippen MR) is 77.3 cm³/mol. The van der Waals surface area contributed by atoms with Gasteiger partial charge in [-0.1, -0.05) is 17.7 Å². The summed E-state index contributed by atoms with van der Waals surface area (Å²) in [5, 5.41) is 0. The van der Waals surface area contributed by atoms with E-state index in [2.05, 4.69) is 52.0 Å². The summed E-state index contributed by atoms with van der Waals surface area (Å²) in [7, 11) is 0. The number of benzene rings is 1. The van der Waals surface area contributed by atoms with Crippen LogP contribution in [0, 0.1) is 0 Å². The summed E-state index contributed by atoms with van der Waals surface area (Å²) in [6.45, 7) is 6.31. The molecular weight excluding hydrogens is 276 g/mol. The van der Waals surface area contributed by atoms with Crippen molar-refractivity contribution in [3.63, 3.8) is 0 Å². The van der Waals surface area contributed by atoms with Gasteiger partial charge < -0.3 is 10.6 Å². The third-order valence-corrected chi connectivity index (χ3v) is 3.91. The second-order valence-corrected chi connectivity index (χ2v) is 5.60. The lowest BCUT2D eigenvalue weighted by Crippen LogP contribution is -2.28. The highest BCUT2D eigenvalue weighted by atomic mass is 79.9. The van der Waals surface area contributed by atoms with Crippen molar-refractivity contribution in [1.29, 1.82) is 0 Å². The van der Waals surface area contributed by atoms with Crippen LogP contribution in [0.4, 0.5) is 5.69 Å². The number of rotatable bonds is 2. The minimum atomic E-state index is 0.0869. The van der Waals surface area contributed by atoms with E-state index < -0.39 is 0 Å². The Kier molecular flexibility index (Phi) is 3.89. The van der Waals surface area contributed by atoms with E-state index in [1.807, 2.05) is 6.92 Å². The van der Waals surface area contributed by atoms with E-state index in [0.717, 1.165) is 24.0 Å². The molecule has 0 fully saturated rings. The van der Waals surface area contributed by atoms with Gasteiger partial charge in [-0.25, -0.2) is 0 Å². The molecule has 2 nitrogen and oxygen atoms in total. The molecule has 1 atom stereocenters. The van der Waals surface area contributed by atoms with Crippen LogP contribution in [0.3, 0.4) is 0 Å². The zero-order valence-electron chi connectivity index (χ0n) is 10.4. The van der Waals surface area contributed by atoms with Gasteiger partial charge in [-0.2, -0.15) is 0 Å². The first-order chi connectivity index (χ1) is 8.08. The number of hydrogen-bond acceptors (Lipinski definition) is 2. The van der Waals surface area contributed by atoms with Gasteiger partial charge in [0.05, 0.1) is 5.69 Å². The van der Waals surface area contributed by atoms with E-state index in [0.29, 0.717) is 0 Å². The molecule has 0 saturated heterocycles. The summed E-state index contributed by atoms with van der Waals surface area (Å²) in [6, 6.07) is 6.50. The average Bonchev–Trinajstić information content (AvgIpc) is 2.30. The van der Waals surface area contributed by atoms with Crippen LogP contribution in [0.25, 0.3) is 0 Å². The molecule has 17 heavy (non-hydrogen) atoms. The molecule has 0 bridgehead atoms. The Labute approximate surface area is 112 Å². The molecule has 0 amide bonds. The smallest absolute Gasteiger partial charge is 0.0513 e. The number of anilines is 1. The van der Waals surface area contributed by atoms with Crippen LogP contribution in [0.1, 0.15) is 31.9 Å². The SMILES string of the molecule is CC1=CCN(c2ccc(C(C)N)cc2Br)CC1. The molecule has 92 valence electrons. The number of hydrogen-bond donors (Lipinski definition) is 1. The van der Waals surface area contributed by atoms with Gasteiger partial charge in [-0.3, -0.25) is 0 Å². The maximum absolute atomic E-state index is 5.89. The van der Waals surface area contributed by atoms with Crippen molar-refractivity contribution in [2.75, 3.05) is 18.0 Å². The summed E-state index contributed by atoms with van der Waals surface area (Å²) in [6.07, 6.45) is 3.46. The van der Waals surface area contributed by atoms with Gasteiger partial charge in [0.25, 0.3) is 0 Å². The van der Waals surface area contributed by atoms with Crippen molar-refractivity contribution in [2.24, 2.45) is 5.73 Å². The van der Waals surface area contributed by atoms with Crippen molar-refractivity contribution in [2.45, 2.75) is 26.3 Å². The van der Waals surface area contributed by atoms with Crippen LogP contribution < -0.4 is 10.6 Å². The Hall–Kier alpha value is -0.800. The maximum atomic E-state index is 5.89. The molecule has 1 aliphatic heterocycles. The van der Waals surface area contributed by atoms with Crippen molar-refractivity contribution >= 4 is 21.6 Å². The molecule has 1 aromatic rings. The first-order valence-electron chi connectivity index (χ1n) is 6.03. The highest BCUT2D eigenvalue weighted by Crippen LogP contribution is 2.30. The monoisotopic (exact) mass is 294 g/mol. The van der Waals surface area contributed by atoms with E-state index in [4.69, 9.17) is 5.73 Å². The molecule has 1 unspecified atom stereocenters. The zero-order valence-corrected chi connectivity index (χ0v) is 12.0. The molecule has 0 aromatic heterocycles. The maximum Gasteiger partial charge on any atom is 0.0513 e. The number of nitrogens with zero attached hydrogens (tertiary/aromatic N) is 1. The molecule has 0 aliphatic carbocycles. The third-order valence-electron chi connectivity index (χ3n) is 3.27. The molecule has 1 aromatic carbocycles. The summed E-state index contributed by atoms with van der Waals surface area (Å²) in [4.78, 5) is 2.39. The number of halogens is 1. The molecule has 1 heterocycles. The second-order valence-electron chi connectivity index (χ2n) is 4.75. The fourth-order valence-corrected chi connectivity index (χ4v) is 2.70. The third kappa shape index (κ3) is 2.90. The van der Waals surface area contributed by atoms with Gasteiger partial charge in [0.2, 0.25) is 0 Å². The largest absolute Gasteiger partial charge is 0.367 e. The van der Waals surface area contributed by atoms with E-state index in [1.54, 1.807) is 0 Å². The normalized spacial score (nSPS) is 17.9. The summed E-state index contributed by atoms with van der Waals surface area (Å²) >= 11 is 3.65. The van der Waals surface area contributed by atoms with Gasteiger partial charge in [0, 0.05) is 23.6 Å². The van der Waals surface area contributed by atoms with Gasteiger partial charge in [0.15, 0.2) is 0 Å². The van der Waals surface area contributed by atoms with Crippen LogP contribution in [0.2, 0.25) is 0 Å². The van der Waals surface area contributed by atoms with Crippen LogP contribution in [0.5, 0.6) is 0 Å². The van der Waals surface area contributed by atoms with Crippen LogP contribution in [0.15, 0.2) is 34.3 Å². The molecule has 2 N–H and O–H groups in total. The molecule has 2 rings (SSSR count).